The van der Waals surface area contributed by atoms with Crippen molar-refractivity contribution in [2.45, 2.75) is 25.4 Å². The fraction of sp³-hybridized carbons (Fsp3) is 0.389. The molecule has 0 spiro atoms. The molecule has 1 fully saturated rings. The Bertz CT molecular complexity index is 938. The first-order chi connectivity index (χ1) is 12.0. The number of hydrogen-bond donors (Lipinski definition) is 1. The smallest absolute Gasteiger partial charge is 0.332 e. The molecule has 1 aromatic heterocycles. The molecule has 0 amide bonds. The van der Waals surface area contributed by atoms with Gasteiger partial charge in [0.25, 0.3) is 5.56 Å². The number of rotatable bonds is 3. The van der Waals surface area contributed by atoms with E-state index in [1.807, 2.05) is 11.0 Å². The SMILES string of the molecule is Cn1c(=O)cc(N2CCC[C@@H](N)C2)n(Cc2cccc(C#N)c2)c1=O. The average Bonchev–Trinajstić information content (AvgIpc) is 2.62. The quantitative estimate of drug-likeness (QED) is 0.873. The fourth-order valence-corrected chi connectivity index (χ4v) is 3.21. The zero-order valence-corrected chi connectivity index (χ0v) is 14.2. The number of nitriles is 1. The van der Waals surface area contributed by atoms with Crippen LogP contribution in [-0.2, 0) is 13.6 Å². The van der Waals surface area contributed by atoms with Crippen molar-refractivity contribution in [3.63, 3.8) is 0 Å². The monoisotopic (exact) mass is 339 g/mol. The molecule has 130 valence electrons. The second-order valence-corrected chi connectivity index (χ2v) is 6.43. The van der Waals surface area contributed by atoms with Crippen LogP contribution in [0.25, 0.3) is 0 Å². The van der Waals surface area contributed by atoms with Gasteiger partial charge in [-0.3, -0.25) is 13.9 Å². The number of anilines is 1. The third-order valence-electron chi connectivity index (χ3n) is 4.56. The number of aromatic nitrogens is 2. The predicted octanol–water partition coefficient (Wildman–Crippen LogP) is 0.394. The summed E-state index contributed by atoms with van der Waals surface area (Å²) in [5.41, 5.74) is 6.73. The highest BCUT2D eigenvalue weighted by Crippen LogP contribution is 2.18. The number of benzene rings is 1. The fourth-order valence-electron chi connectivity index (χ4n) is 3.21. The first kappa shape index (κ1) is 17.0. The molecular weight excluding hydrogens is 318 g/mol. The first-order valence-electron chi connectivity index (χ1n) is 8.30. The normalized spacial score (nSPS) is 17.3. The topological polar surface area (TPSA) is 97.1 Å². The molecule has 2 N–H and O–H groups in total. The van der Waals surface area contributed by atoms with E-state index in [0.29, 0.717) is 24.5 Å². The Labute approximate surface area is 145 Å². The minimum atomic E-state index is -0.371. The van der Waals surface area contributed by atoms with Crippen molar-refractivity contribution < 1.29 is 0 Å². The summed E-state index contributed by atoms with van der Waals surface area (Å²) in [4.78, 5) is 26.8. The average molecular weight is 339 g/mol. The molecular formula is C18H21N5O2. The van der Waals surface area contributed by atoms with Gasteiger partial charge in [-0.05, 0) is 30.5 Å². The van der Waals surface area contributed by atoms with Crippen LogP contribution < -0.4 is 21.9 Å². The highest BCUT2D eigenvalue weighted by atomic mass is 16.2. The van der Waals surface area contributed by atoms with Gasteiger partial charge >= 0.3 is 5.69 Å². The lowest BCUT2D eigenvalue weighted by molar-refractivity contribution is 0.491. The van der Waals surface area contributed by atoms with E-state index in [0.717, 1.165) is 29.5 Å². The Hall–Kier alpha value is -2.85. The molecule has 7 nitrogen and oxygen atoms in total. The van der Waals surface area contributed by atoms with E-state index < -0.39 is 0 Å². The Balaban J connectivity index is 2.07. The van der Waals surface area contributed by atoms with Gasteiger partial charge in [-0.1, -0.05) is 12.1 Å². The standard InChI is InChI=1S/C18H21N5O2/c1-21-17(24)9-16(22-7-3-6-15(20)12-22)23(18(21)25)11-14-5-2-4-13(8-14)10-19/h2,4-5,8-9,15H,3,6-7,11-12,20H2,1H3/t15-/m1/s1. The lowest BCUT2D eigenvalue weighted by Crippen LogP contribution is -2.47. The van der Waals surface area contributed by atoms with E-state index in [1.54, 1.807) is 22.8 Å². The van der Waals surface area contributed by atoms with E-state index >= 15 is 0 Å². The van der Waals surface area contributed by atoms with E-state index in [1.165, 1.54) is 13.1 Å². The van der Waals surface area contributed by atoms with Crippen molar-refractivity contribution >= 4 is 5.82 Å². The summed E-state index contributed by atoms with van der Waals surface area (Å²) >= 11 is 0. The van der Waals surface area contributed by atoms with Crippen LogP contribution in [0, 0.1) is 11.3 Å². The molecule has 7 heteroatoms. The highest BCUT2D eigenvalue weighted by Gasteiger charge is 2.21. The number of nitrogens with two attached hydrogens (primary N) is 1. The van der Waals surface area contributed by atoms with Crippen molar-refractivity contribution in [2.24, 2.45) is 12.8 Å². The summed E-state index contributed by atoms with van der Waals surface area (Å²) in [5, 5.41) is 9.06. The molecule has 25 heavy (non-hydrogen) atoms. The predicted molar refractivity (Wildman–Crippen MR) is 95.6 cm³/mol. The van der Waals surface area contributed by atoms with Crippen LogP contribution in [0.5, 0.6) is 0 Å². The Morgan fingerprint density at radius 2 is 2.12 bits per heavy atom. The summed E-state index contributed by atoms with van der Waals surface area (Å²) in [6.45, 7) is 1.67. The molecule has 1 atom stereocenters. The van der Waals surface area contributed by atoms with Gasteiger partial charge in [-0.2, -0.15) is 5.26 Å². The summed E-state index contributed by atoms with van der Waals surface area (Å²) in [5.74, 6) is 0.589. The van der Waals surface area contributed by atoms with Crippen molar-refractivity contribution in [2.75, 3.05) is 18.0 Å². The van der Waals surface area contributed by atoms with E-state index in [9.17, 15) is 9.59 Å². The van der Waals surface area contributed by atoms with E-state index in [2.05, 4.69) is 6.07 Å². The second kappa shape index (κ2) is 6.95. The van der Waals surface area contributed by atoms with Gasteiger partial charge in [0.15, 0.2) is 0 Å². The maximum atomic E-state index is 12.7. The van der Waals surface area contributed by atoms with Gasteiger partial charge < -0.3 is 10.6 Å². The molecule has 1 aliphatic rings. The highest BCUT2D eigenvalue weighted by molar-refractivity contribution is 5.41. The minimum absolute atomic E-state index is 0.0308. The molecule has 0 aliphatic carbocycles. The third kappa shape index (κ3) is 3.49. The molecule has 3 rings (SSSR count). The van der Waals surface area contributed by atoms with Crippen molar-refractivity contribution in [1.82, 2.24) is 9.13 Å². The third-order valence-corrected chi connectivity index (χ3v) is 4.56. The Kier molecular flexibility index (Phi) is 4.72. The van der Waals surface area contributed by atoms with Crippen LogP contribution in [0.4, 0.5) is 5.82 Å². The van der Waals surface area contributed by atoms with Crippen molar-refractivity contribution in [3.8, 4) is 6.07 Å². The molecule has 0 radical (unpaired) electrons. The minimum Gasteiger partial charge on any atom is -0.356 e. The Morgan fingerprint density at radius 3 is 2.84 bits per heavy atom. The van der Waals surface area contributed by atoms with Crippen LogP contribution in [-0.4, -0.2) is 28.3 Å². The summed E-state index contributed by atoms with van der Waals surface area (Å²) < 4.78 is 2.68. The molecule has 0 saturated carbocycles. The van der Waals surface area contributed by atoms with Crippen LogP contribution >= 0.6 is 0 Å². The van der Waals surface area contributed by atoms with Crippen LogP contribution in [0.1, 0.15) is 24.0 Å². The largest absolute Gasteiger partial charge is 0.356 e. The van der Waals surface area contributed by atoms with Crippen LogP contribution in [0.2, 0.25) is 0 Å². The van der Waals surface area contributed by atoms with Gasteiger partial charge in [-0.25, -0.2) is 4.79 Å². The number of nitrogens with zero attached hydrogens (tertiary/aromatic N) is 4. The van der Waals surface area contributed by atoms with Gasteiger partial charge in [0.05, 0.1) is 18.2 Å². The zero-order chi connectivity index (χ0) is 18.0. The van der Waals surface area contributed by atoms with E-state index in [-0.39, 0.29) is 17.3 Å². The summed E-state index contributed by atoms with van der Waals surface area (Å²) in [6, 6.07) is 10.8. The lowest BCUT2D eigenvalue weighted by atomic mass is 10.1. The first-order valence-corrected chi connectivity index (χ1v) is 8.30. The lowest BCUT2D eigenvalue weighted by Gasteiger charge is -2.34. The number of piperidine rings is 1. The van der Waals surface area contributed by atoms with Crippen molar-refractivity contribution in [3.05, 3.63) is 62.3 Å². The van der Waals surface area contributed by atoms with Gasteiger partial charge in [0.1, 0.15) is 5.82 Å². The van der Waals surface area contributed by atoms with Gasteiger partial charge in [0, 0.05) is 32.2 Å². The molecule has 1 aromatic carbocycles. The molecule has 2 heterocycles. The maximum Gasteiger partial charge on any atom is 0.332 e. The molecule has 0 unspecified atom stereocenters. The maximum absolute atomic E-state index is 12.7. The van der Waals surface area contributed by atoms with Gasteiger partial charge in [-0.15, -0.1) is 0 Å². The second-order valence-electron chi connectivity index (χ2n) is 6.43. The molecule has 1 saturated heterocycles. The Morgan fingerprint density at radius 1 is 1.32 bits per heavy atom. The van der Waals surface area contributed by atoms with Crippen LogP contribution in [0.3, 0.4) is 0 Å². The summed E-state index contributed by atoms with van der Waals surface area (Å²) in [6.07, 6.45) is 1.87. The van der Waals surface area contributed by atoms with Crippen LogP contribution in [0.15, 0.2) is 39.9 Å². The molecule has 1 aliphatic heterocycles. The zero-order valence-electron chi connectivity index (χ0n) is 14.2. The van der Waals surface area contributed by atoms with E-state index in [4.69, 9.17) is 11.0 Å². The van der Waals surface area contributed by atoms with Gasteiger partial charge in [0.2, 0.25) is 0 Å². The van der Waals surface area contributed by atoms with Crippen molar-refractivity contribution in [1.29, 1.82) is 5.26 Å². The molecule has 2 aromatic rings. The summed E-state index contributed by atoms with van der Waals surface area (Å²) in [7, 11) is 1.47. The number of hydrogen-bond acceptors (Lipinski definition) is 5. The molecule has 0 bridgehead atoms.